The number of nitrogens with one attached hydrogen (secondary N) is 1. The summed E-state index contributed by atoms with van der Waals surface area (Å²) in [6, 6.07) is 2.00. The van der Waals surface area contributed by atoms with Crippen molar-refractivity contribution in [3.8, 4) is 0 Å². The van der Waals surface area contributed by atoms with Crippen LogP contribution in [0.3, 0.4) is 0 Å². The van der Waals surface area contributed by atoms with Crippen LogP contribution >= 0.6 is 0 Å². The number of carbonyl (C=O) groups excluding carboxylic acids is 1. The highest BCUT2D eigenvalue weighted by atomic mass is 16.2. The van der Waals surface area contributed by atoms with Crippen LogP contribution in [0.15, 0.2) is 12.3 Å². The van der Waals surface area contributed by atoms with Crippen LogP contribution in [0.25, 0.3) is 0 Å². The van der Waals surface area contributed by atoms with E-state index >= 15 is 0 Å². The lowest BCUT2D eigenvalue weighted by atomic mass is 10.2. The summed E-state index contributed by atoms with van der Waals surface area (Å²) >= 11 is 0. The molecule has 11 heavy (non-hydrogen) atoms. The van der Waals surface area contributed by atoms with E-state index in [0.29, 0.717) is 12.2 Å². The third kappa shape index (κ3) is 0.824. The maximum absolute atomic E-state index is 11.1. The van der Waals surface area contributed by atoms with Gasteiger partial charge in [-0.2, -0.15) is 5.10 Å². The van der Waals surface area contributed by atoms with E-state index in [2.05, 4.69) is 10.4 Å². The van der Waals surface area contributed by atoms with Crippen molar-refractivity contribution in [3.05, 3.63) is 18.0 Å². The van der Waals surface area contributed by atoms with Crippen LogP contribution in [-0.4, -0.2) is 22.2 Å². The number of rotatable bonds is 0. The molecule has 2 rings (SSSR count). The van der Waals surface area contributed by atoms with Gasteiger partial charge in [0.15, 0.2) is 0 Å². The molecule has 0 spiro atoms. The normalized spacial score (nSPS) is 22.6. The minimum atomic E-state index is -0.0272. The molecule has 1 aromatic heterocycles. The molecule has 58 valence electrons. The van der Waals surface area contributed by atoms with Gasteiger partial charge in [0, 0.05) is 12.7 Å². The zero-order valence-corrected chi connectivity index (χ0v) is 6.24. The Morgan fingerprint density at radius 1 is 1.82 bits per heavy atom. The van der Waals surface area contributed by atoms with E-state index in [9.17, 15) is 4.79 Å². The number of aromatic nitrogens is 2. The molecule has 4 heteroatoms. The first kappa shape index (κ1) is 6.39. The highest BCUT2D eigenvalue weighted by Gasteiger charge is 2.21. The standard InChI is InChI=1S/C7H9N3O/c1-5-4-8-7(11)6-2-3-9-10(5)6/h2-3,5H,4H2,1H3,(H,8,11). The lowest BCUT2D eigenvalue weighted by Gasteiger charge is -2.20. The number of fused-ring (bicyclic) bond motifs is 1. The fourth-order valence-corrected chi connectivity index (χ4v) is 1.26. The Balaban J connectivity index is 2.51. The summed E-state index contributed by atoms with van der Waals surface area (Å²) in [6.07, 6.45) is 1.65. The fraction of sp³-hybridized carbons (Fsp3) is 0.429. The third-order valence-corrected chi connectivity index (χ3v) is 1.88. The summed E-state index contributed by atoms with van der Waals surface area (Å²) in [7, 11) is 0. The number of carbonyl (C=O) groups is 1. The molecular weight excluding hydrogens is 142 g/mol. The molecule has 0 saturated heterocycles. The summed E-state index contributed by atoms with van der Waals surface area (Å²) in [4.78, 5) is 11.1. The molecule has 4 nitrogen and oxygen atoms in total. The van der Waals surface area contributed by atoms with E-state index in [1.165, 1.54) is 0 Å². The molecule has 1 amide bonds. The first-order valence-electron chi connectivity index (χ1n) is 3.61. The Labute approximate surface area is 64.2 Å². The Kier molecular flexibility index (Phi) is 1.21. The van der Waals surface area contributed by atoms with Gasteiger partial charge >= 0.3 is 0 Å². The van der Waals surface area contributed by atoms with Gasteiger partial charge in [0.05, 0.1) is 6.04 Å². The van der Waals surface area contributed by atoms with Gasteiger partial charge in [-0.1, -0.05) is 0 Å². The van der Waals surface area contributed by atoms with Gasteiger partial charge < -0.3 is 5.32 Å². The molecule has 1 aromatic rings. The van der Waals surface area contributed by atoms with Gasteiger partial charge in [0.2, 0.25) is 0 Å². The van der Waals surface area contributed by atoms with Gasteiger partial charge in [-0.15, -0.1) is 0 Å². The molecule has 0 aliphatic carbocycles. The lowest BCUT2D eigenvalue weighted by Crippen LogP contribution is -2.37. The molecule has 0 aromatic carbocycles. The molecular formula is C7H9N3O. The quantitative estimate of drug-likeness (QED) is 0.575. The topological polar surface area (TPSA) is 46.9 Å². The van der Waals surface area contributed by atoms with Crippen LogP contribution < -0.4 is 5.32 Å². The average molecular weight is 151 g/mol. The molecule has 1 aliphatic heterocycles. The number of hydrogen-bond acceptors (Lipinski definition) is 2. The van der Waals surface area contributed by atoms with Crippen LogP contribution in [0.4, 0.5) is 0 Å². The second-order valence-corrected chi connectivity index (χ2v) is 2.72. The smallest absolute Gasteiger partial charge is 0.269 e. The van der Waals surface area contributed by atoms with E-state index in [0.717, 1.165) is 0 Å². The van der Waals surface area contributed by atoms with Gasteiger partial charge in [-0.25, -0.2) is 0 Å². The first-order chi connectivity index (χ1) is 5.29. The van der Waals surface area contributed by atoms with E-state index in [1.54, 1.807) is 16.9 Å². The van der Waals surface area contributed by atoms with Crippen molar-refractivity contribution in [3.63, 3.8) is 0 Å². The molecule has 0 saturated carbocycles. The largest absolute Gasteiger partial charge is 0.349 e. The van der Waals surface area contributed by atoms with E-state index in [1.807, 2.05) is 6.92 Å². The predicted molar refractivity (Wildman–Crippen MR) is 39.3 cm³/mol. The highest BCUT2D eigenvalue weighted by molar-refractivity contribution is 5.93. The molecule has 2 heterocycles. The Hall–Kier alpha value is -1.32. The van der Waals surface area contributed by atoms with Crippen molar-refractivity contribution < 1.29 is 4.79 Å². The van der Waals surface area contributed by atoms with Crippen LogP contribution in [0, 0.1) is 0 Å². The van der Waals surface area contributed by atoms with Crippen molar-refractivity contribution in [2.75, 3.05) is 6.54 Å². The summed E-state index contributed by atoms with van der Waals surface area (Å²) in [6.45, 7) is 2.70. The Bertz CT molecular complexity index is 292. The second kappa shape index (κ2) is 2.08. The Morgan fingerprint density at radius 2 is 2.64 bits per heavy atom. The first-order valence-corrected chi connectivity index (χ1v) is 3.61. The highest BCUT2D eigenvalue weighted by Crippen LogP contribution is 2.11. The molecule has 1 aliphatic rings. The van der Waals surface area contributed by atoms with Gasteiger partial charge in [0.25, 0.3) is 5.91 Å². The van der Waals surface area contributed by atoms with E-state index in [-0.39, 0.29) is 11.9 Å². The predicted octanol–water partition coefficient (Wildman–Crippen LogP) is 0.188. The van der Waals surface area contributed by atoms with Gasteiger partial charge in [0.1, 0.15) is 5.69 Å². The van der Waals surface area contributed by atoms with E-state index in [4.69, 9.17) is 0 Å². The minimum absolute atomic E-state index is 0.0272. The van der Waals surface area contributed by atoms with Crippen molar-refractivity contribution in [2.45, 2.75) is 13.0 Å². The minimum Gasteiger partial charge on any atom is -0.349 e. The second-order valence-electron chi connectivity index (χ2n) is 2.72. The van der Waals surface area contributed by atoms with Crippen molar-refractivity contribution in [1.29, 1.82) is 0 Å². The molecule has 1 atom stereocenters. The summed E-state index contributed by atoms with van der Waals surface area (Å²) < 4.78 is 1.75. The van der Waals surface area contributed by atoms with Crippen LogP contribution in [0.2, 0.25) is 0 Å². The maximum atomic E-state index is 11.1. The third-order valence-electron chi connectivity index (χ3n) is 1.88. The fourth-order valence-electron chi connectivity index (χ4n) is 1.26. The van der Waals surface area contributed by atoms with Gasteiger partial charge in [-0.3, -0.25) is 9.48 Å². The SMILES string of the molecule is CC1CNC(=O)c2ccnn21. The van der Waals surface area contributed by atoms with Crippen LogP contribution in [0.1, 0.15) is 23.5 Å². The summed E-state index contributed by atoms with van der Waals surface area (Å²) in [5.74, 6) is -0.0272. The number of hydrogen-bond donors (Lipinski definition) is 1. The van der Waals surface area contributed by atoms with Crippen molar-refractivity contribution in [2.24, 2.45) is 0 Å². The lowest BCUT2D eigenvalue weighted by molar-refractivity contribution is 0.0912. The number of nitrogens with zero attached hydrogens (tertiary/aromatic N) is 2. The zero-order chi connectivity index (χ0) is 7.84. The monoisotopic (exact) mass is 151 g/mol. The van der Waals surface area contributed by atoms with Gasteiger partial charge in [-0.05, 0) is 13.0 Å². The van der Waals surface area contributed by atoms with Crippen LogP contribution in [0.5, 0.6) is 0 Å². The molecule has 0 bridgehead atoms. The molecule has 1 unspecified atom stereocenters. The molecule has 0 fully saturated rings. The molecule has 1 N–H and O–H groups in total. The Morgan fingerprint density at radius 3 is 3.36 bits per heavy atom. The maximum Gasteiger partial charge on any atom is 0.269 e. The summed E-state index contributed by atoms with van der Waals surface area (Å²) in [5, 5.41) is 6.82. The van der Waals surface area contributed by atoms with Crippen molar-refractivity contribution in [1.82, 2.24) is 15.1 Å². The summed E-state index contributed by atoms with van der Waals surface area (Å²) in [5.41, 5.74) is 0.656. The average Bonchev–Trinajstić information content (AvgIpc) is 2.45. The van der Waals surface area contributed by atoms with E-state index < -0.39 is 0 Å². The number of amides is 1. The zero-order valence-electron chi connectivity index (χ0n) is 6.24. The van der Waals surface area contributed by atoms with Crippen LogP contribution in [-0.2, 0) is 0 Å². The van der Waals surface area contributed by atoms with Crippen molar-refractivity contribution >= 4 is 5.91 Å². The molecule has 0 radical (unpaired) electrons.